The highest BCUT2D eigenvalue weighted by molar-refractivity contribution is 7.92. The smallest absolute Gasteiger partial charge is 0.264 e. The van der Waals surface area contributed by atoms with Gasteiger partial charge in [-0.1, -0.05) is 41.9 Å². The molecule has 0 aromatic heterocycles. The molecule has 2 amide bonds. The predicted octanol–water partition coefficient (Wildman–Crippen LogP) is 4.49. The van der Waals surface area contributed by atoms with Crippen molar-refractivity contribution in [1.82, 2.24) is 10.2 Å². The number of carbonyl (C=O) groups excluding carboxylic acids is 2. The Kier molecular flexibility index (Phi) is 9.77. The average molecular weight is 558 g/mol. The maximum Gasteiger partial charge on any atom is 0.264 e. The first-order valence-corrected chi connectivity index (χ1v) is 13.9. The SMILES string of the molecule is COc1ccc(S(=O)(=O)N(CC(=O)N(Cc2ccccc2)[C@H](C)C(=O)NC(C)C)c2ccc(Cl)cc2)cc1. The first-order chi connectivity index (χ1) is 18.0. The van der Waals surface area contributed by atoms with Gasteiger partial charge < -0.3 is 15.0 Å². The van der Waals surface area contributed by atoms with E-state index in [1.54, 1.807) is 19.1 Å². The Bertz CT molecular complexity index is 1330. The van der Waals surface area contributed by atoms with Crippen molar-refractivity contribution in [2.24, 2.45) is 0 Å². The lowest BCUT2D eigenvalue weighted by Crippen LogP contribution is -2.52. The van der Waals surface area contributed by atoms with Crippen molar-refractivity contribution in [2.75, 3.05) is 18.0 Å². The molecule has 3 aromatic rings. The summed E-state index contributed by atoms with van der Waals surface area (Å²) in [5, 5.41) is 3.25. The molecule has 1 atom stereocenters. The first kappa shape index (κ1) is 29.0. The van der Waals surface area contributed by atoms with E-state index in [2.05, 4.69) is 5.32 Å². The van der Waals surface area contributed by atoms with Gasteiger partial charge in [0.15, 0.2) is 0 Å². The second kappa shape index (κ2) is 12.8. The molecule has 1 N–H and O–H groups in total. The molecule has 0 heterocycles. The molecule has 8 nitrogen and oxygen atoms in total. The van der Waals surface area contributed by atoms with Crippen LogP contribution in [0.4, 0.5) is 5.69 Å². The number of nitrogens with one attached hydrogen (secondary N) is 1. The Labute approximate surface area is 229 Å². The van der Waals surface area contributed by atoms with E-state index in [0.29, 0.717) is 10.8 Å². The van der Waals surface area contributed by atoms with Gasteiger partial charge in [-0.15, -0.1) is 0 Å². The highest BCUT2D eigenvalue weighted by Crippen LogP contribution is 2.27. The molecule has 3 rings (SSSR count). The van der Waals surface area contributed by atoms with Gasteiger partial charge in [-0.2, -0.15) is 0 Å². The number of halogens is 1. The van der Waals surface area contributed by atoms with Gasteiger partial charge in [-0.05, 0) is 74.9 Å². The van der Waals surface area contributed by atoms with Gasteiger partial charge in [0.05, 0.1) is 17.7 Å². The summed E-state index contributed by atoms with van der Waals surface area (Å²) in [5.41, 5.74) is 1.07. The summed E-state index contributed by atoms with van der Waals surface area (Å²) < 4.78 is 33.7. The number of benzene rings is 3. The van der Waals surface area contributed by atoms with Crippen LogP contribution in [-0.4, -0.2) is 50.9 Å². The van der Waals surface area contributed by atoms with E-state index in [1.807, 2.05) is 44.2 Å². The molecule has 0 aliphatic rings. The largest absolute Gasteiger partial charge is 0.497 e. The molecule has 0 unspecified atom stereocenters. The van der Waals surface area contributed by atoms with Gasteiger partial charge in [-0.25, -0.2) is 8.42 Å². The fraction of sp³-hybridized carbons (Fsp3) is 0.286. The van der Waals surface area contributed by atoms with Crippen LogP contribution in [0, 0.1) is 0 Å². The van der Waals surface area contributed by atoms with E-state index in [1.165, 1.54) is 48.4 Å². The van der Waals surface area contributed by atoms with Gasteiger partial charge in [-0.3, -0.25) is 13.9 Å². The molecule has 0 saturated heterocycles. The first-order valence-electron chi connectivity index (χ1n) is 12.1. The van der Waals surface area contributed by atoms with Crippen LogP contribution in [0.15, 0.2) is 83.8 Å². The summed E-state index contributed by atoms with van der Waals surface area (Å²) in [4.78, 5) is 28.1. The van der Waals surface area contributed by atoms with Crippen LogP contribution in [0.25, 0.3) is 0 Å². The van der Waals surface area contributed by atoms with E-state index in [4.69, 9.17) is 16.3 Å². The van der Waals surface area contributed by atoms with Crippen LogP contribution >= 0.6 is 11.6 Å². The maximum atomic E-state index is 13.8. The lowest BCUT2D eigenvalue weighted by Gasteiger charge is -2.32. The zero-order chi connectivity index (χ0) is 27.9. The molecule has 38 heavy (non-hydrogen) atoms. The van der Waals surface area contributed by atoms with Crippen molar-refractivity contribution in [2.45, 2.75) is 44.3 Å². The molecular weight excluding hydrogens is 526 g/mol. The number of sulfonamides is 1. The van der Waals surface area contributed by atoms with Gasteiger partial charge in [0.2, 0.25) is 11.8 Å². The Morgan fingerprint density at radius 1 is 0.921 bits per heavy atom. The van der Waals surface area contributed by atoms with E-state index < -0.39 is 28.5 Å². The molecule has 202 valence electrons. The third-order valence-electron chi connectivity index (χ3n) is 5.83. The molecule has 3 aromatic carbocycles. The third kappa shape index (κ3) is 7.26. The fourth-order valence-electron chi connectivity index (χ4n) is 3.78. The zero-order valence-electron chi connectivity index (χ0n) is 21.8. The minimum absolute atomic E-state index is 0.0127. The summed E-state index contributed by atoms with van der Waals surface area (Å²) in [6.07, 6.45) is 0. The zero-order valence-corrected chi connectivity index (χ0v) is 23.4. The highest BCUT2D eigenvalue weighted by Gasteiger charge is 2.32. The van der Waals surface area contributed by atoms with Crippen LogP contribution in [0.5, 0.6) is 5.75 Å². The number of anilines is 1. The summed E-state index contributed by atoms with van der Waals surface area (Å²) in [6, 6.07) is 20.3. The van der Waals surface area contributed by atoms with Crippen molar-refractivity contribution >= 4 is 39.1 Å². The van der Waals surface area contributed by atoms with E-state index >= 15 is 0 Å². The second-order valence-electron chi connectivity index (χ2n) is 9.01. The van der Waals surface area contributed by atoms with Gasteiger partial charge in [0, 0.05) is 17.6 Å². The van der Waals surface area contributed by atoms with Crippen LogP contribution in [-0.2, 0) is 26.2 Å². The van der Waals surface area contributed by atoms with E-state index in [9.17, 15) is 18.0 Å². The number of hydrogen-bond donors (Lipinski definition) is 1. The Morgan fingerprint density at radius 2 is 1.53 bits per heavy atom. The topological polar surface area (TPSA) is 96.0 Å². The van der Waals surface area contributed by atoms with Crippen molar-refractivity contribution in [3.8, 4) is 5.75 Å². The molecule has 0 bridgehead atoms. The minimum Gasteiger partial charge on any atom is -0.497 e. The highest BCUT2D eigenvalue weighted by atomic mass is 35.5. The Morgan fingerprint density at radius 3 is 2.08 bits per heavy atom. The van der Waals surface area contributed by atoms with E-state index in [-0.39, 0.29) is 29.1 Å². The summed E-state index contributed by atoms with van der Waals surface area (Å²) in [5.74, 6) is -0.371. The number of ether oxygens (including phenoxy) is 1. The number of hydrogen-bond acceptors (Lipinski definition) is 5. The van der Waals surface area contributed by atoms with Crippen LogP contribution in [0.2, 0.25) is 5.02 Å². The summed E-state index contributed by atoms with van der Waals surface area (Å²) in [6.45, 7) is 4.89. The molecule has 0 saturated carbocycles. The fourth-order valence-corrected chi connectivity index (χ4v) is 5.32. The molecule has 0 radical (unpaired) electrons. The lowest BCUT2D eigenvalue weighted by atomic mass is 10.1. The minimum atomic E-state index is -4.17. The normalized spacial score (nSPS) is 12.1. The Hall–Kier alpha value is -3.56. The van der Waals surface area contributed by atoms with Crippen molar-refractivity contribution in [3.63, 3.8) is 0 Å². The quantitative estimate of drug-likeness (QED) is 0.375. The summed E-state index contributed by atoms with van der Waals surface area (Å²) in [7, 11) is -2.69. The predicted molar refractivity (Wildman–Crippen MR) is 149 cm³/mol. The summed E-state index contributed by atoms with van der Waals surface area (Å²) >= 11 is 6.04. The maximum absolute atomic E-state index is 13.8. The lowest BCUT2D eigenvalue weighted by molar-refractivity contribution is -0.139. The average Bonchev–Trinajstić information content (AvgIpc) is 2.90. The number of methoxy groups -OCH3 is 1. The van der Waals surface area contributed by atoms with Crippen molar-refractivity contribution < 1.29 is 22.7 Å². The number of nitrogens with zero attached hydrogens (tertiary/aromatic N) is 2. The number of rotatable bonds is 11. The standard InChI is InChI=1S/C28H32ClN3O5S/c1-20(2)30-28(34)21(3)31(18-22-8-6-5-7-9-22)27(33)19-32(24-12-10-23(29)11-13-24)38(35,36)26-16-14-25(37-4)15-17-26/h5-17,20-21H,18-19H2,1-4H3,(H,30,34)/t21-/m1/s1. The molecule has 0 fully saturated rings. The van der Waals surface area contributed by atoms with Gasteiger partial charge in [0.1, 0.15) is 18.3 Å². The third-order valence-corrected chi connectivity index (χ3v) is 7.87. The molecule has 10 heteroatoms. The second-order valence-corrected chi connectivity index (χ2v) is 11.3. The number of carbonyl (C=O) groups is 2. The Balaban J connectivity index is 2.01. The molecule has 0 spiro atoms. The molecule has 0 aliphatic carbocycles. The molecule has 0 aliphatic heterocycles. The van der Waals surface area contributed by atoms with Crippen LogP contribution in [0.1, 0.15) is 26.3 Å². The van der Waals surface area contributed by atoms with Crippen LogP contribution < -0.4 is 14.4 Å². The van der Waals surface area contributed by atoms with Crippen LogP contribution in [0.3, 0.4) is 0 Å². The monoisotopic (exact) mass is 557 g/mol. The van der Waals surface area contributed by atoms with E-state index in [0.717, 1.165) is 9.87 Å². The van der Waals surface area contributed by atoms with Crippen molar-refractivity contribution in [3.05, 3.63) is 89.4 Å². The van der Waals surface area contributed by atoms with Crippen molar-refractivity contribution in [1.29, 1.82) is 0 Å². The number of amides is 2. The van der Waals surface area contributed by atoms with Gasteiger partial charge >= 0.3 is 0 Å². The molecular formula is C28H32ClN3O5S. The van der Waals surface area contributed by atoms with Gasteiger partial charge in [0.25, 0.3) is 10.0 Å².